The predicted octanol–water partition coefficient (Wildman–Crippen LogP) is 2.24. The highest BCUT2D eigenvalue weighted by Crippen LogP contribution is 2.18. The van der Waals surface area contributed by atoms with Gasteiger partial charge in [-0.25, -0.2) is 4.99 Å². The predicted molar refractivity (Wildman–Crippen MR) is 72.2 cm³/mol. The molecule has 1 aromatic heterocycles. The average molecular weight is 252 g/mol. The number of amidine groups is 1. The molecule has 0 unspecified atom stereocenters. The van der Waals surface area contributed by atoms with Crippen LogP contribution in [0.15, 0.2) is 53.7 Å². The van der Waals surface area contributed by atoms with Gasteiger partial charge >= 0.3 is 0 Å². The third kappa shape index (κ3) is 3.30. The molecule has 5 heteroatoms. The number of aliphatic imine (C=N–C) groups is 1. The van der Waals surface area contributed by atoms with E-state index in [1.54, 1.807) is 49.7 Å². The lowest BCUT2D eigenvalue weighted by molar-refractivity contribution is 0.415. The number of methoxy groups -OCH3 is 1. The van der Waals surface area contributed by atoms with E-state index in [2.05, 4.69) is 15.3 Å². The lowest BCUT2D eigenvalue weighted by atomic mass is 10.3. The van der Waals surface area contributed by atoms with Crippen LogP contribution in [0.2, 0.25) is 0 Å². The number of hydrogen-bond acceptors (Lipinski definition) is 4. The van der Waals surface area contributed by atoms with Crippen LogP contribution in [0.3, 0.4) is 0 Å². The molecule has 19 heavy (non-hydrogen) atoms. The number of nitrogens with zero attached hydrogens (tertiary/aromatic N) is 3. The van der Waals surface area contributed by atoms with Crippen LogP contribution in [0, 0.1) is 11.5 Å². The summed E-state index contributed by atoms with van der Waals surface area (Å²) in [5.41, 5.74) is 1.32. The summed E-state index contributed by atoms with van der Waals surface area (Å²) in [5, 5.41) is 11.3. The van der Waals surface area contributed by atoms with Crippen LogP contribution in [0.4, 0.5) is 5.69 Å². The van der Waals surface area contributed by atoms with Crippen LogP contribution in [-0.2, 0) is 0 Å². The molecule has 0 fully saturated rings. The molecule has 2 rings (SSSR count). The van der Waals surface area contributed by atoms with Crippen LogP contribution < -0.4 is 10.1 Å². The Morgan fingerprint density at radius 1 is 1.26 bits per heavy atom. The first-order valence-electron chi connectivity index (χ1n) is 5.63. The minimum absolute atomic E-state index is 0.410. The zero-order valence-corrected chi connectivity index (χ0v) is 10.4. The van der Waals surface area contributed by atoms with Gasteiger partial charge in [0.05, 0.1) is 12.8 Å². The smallest absolute Gasteiger partial charge is 0.182 e. The van der Waals surface area contributed by atoms with Gasteiger partial charge in [-0.3, -0.25) is 10.3 Å². The first-order chi connectivity index (χ1) is 9.33. The van der Waals surface area contributed by atoms with Gasteiger partial charge < -0.3 is 4.74 Å². The van der Waals surface area contributed by atoms with Gasteiger partial charge in [-0.15, -0.1) is 0 Å². The molecular formula is C14H12N4O. The maximum Gasteiger partial charge on any atom is 0.182 e. The molecule has 0 amide bonds. The van der Waals surface area contributed by atoms with E-state index >= 15 is 0 Å². The molecule has 0 aliphatic heterocycles. The molecule has 0 saturated heterocycles. The van der Waals surface area contributed by atoms with E-state index in [0.29, 0.717) is 17.2 Å². The van der Waals surface area contributed by atoms with Gasteiger partial charge in [-0.05, 0) is 36.4 Å². The number of hydrogen-bond donors (Lipinski definition) is 1. The van der Waals surface area contributed by atoms with E-state index in [-0.39, 0.29) is 0 Å². The van der Waals surface area contributed by atoms with Gasteiger partial charge in [-0.2, -0.15) is 5.26 Å². The standard InChI is InChI=1S/C14H12N4O/c1-19-12-7-5-11(6-8-12)18-14(17-10-15)13-4-2-3-9-16-13/h2-9H,1H3,(H,17,18). The van der Waals surface area contributed by atoms with E-state index in [1.165, 1.54) is 0 Å². The van der Waals surface area contributed by atoms with Crippen molar-refractivity contribution in [3.63, 3.8) is 0 Å². The van der Waals surface area contributed by atoms with E-state index in [4.69, 9.17) is 10.00 Å². The van der Waals surface area contributed by atoms with Crippen molar-refractivity contribution in [3.8, 4) is 11.9 Å². The van der Waals surface area contributed by atoms with Crippen molar-refractivity contribution in [2.75, 3.05) is 7.11 Å². The second-order valence-corrected chi connectivity index (χ2v) is 3.61. The third-order valence-corrected chi connectivity index (χ3v) is 2.40. The number of benzene rings is 1. The topological polar surface area (TPSA) is 70.3 Å². The first-order valence-corrected chi connectivity index (χ1v) is 5.63. The molecule has 94 valence electrons. The van der Waals surface area contributed by atoms with Crippen molar-refractivity contribution >= 4 is 11.5 Å². The Morgan fingerprint density at radius 3 is 2.63 bits per heavy atom. The molecule has 0 saturated carbocycles. The highest BCUT2D eigenvalue weighted by molar-refractivity contribution is 5.99. The van der Waals surface area contributed by atoms with Crippen LogP contribution in [0.5, 0.6) is 5.75 Å². The molecule has 2 aromatic rings. The zero-order chi connectivity index (χ0) is 13.5. The number of ether oxygens (including phenoxy) is 1. The van der Waals surface area contributed by atoms with E-state index in [9.17, 15) is 0 Å². The Labute approximate surface area is 111 Å². The van der Waals surface area contributed by atoms with Gasteiger partial charge in [0.15, 0.2) is 12.0 Å². The van der Waals surface area contributed by atoms with Gasteiger partial charge in [0.2, 0.25) is 0 Å². The molecule has 0 spiro atoms. The number of aromatic nitrogens is 1. The first kappa shape index (κ1) is 12.6. The normalized spacial score (nSPS) is 10.6. The molecule has 0 radical (unpaired) electrons. The Kier molecular flexibility index (Phi) is 4.09. The second-order valence-electron chi connectivity index (χ2n) is 3.61. The summed E-state index contributed by atoms with van der Waals surface area (Å²) >= 11 is 0. The fourth-order valence-electron chi connectivity index (χ4n) is 1.49. The Hall–Kier alpha value is -2.87. The summed E-state index contributed by atoms with van der Waals surface area (Å²) < 4.78 is 5.08. The highest BCUT2D eigenvalue weighted by Gasteiger charge is 2.04. The van der Waals surface area contributed by atoms with Crippen LogP contribution in [-0.4, -0.2) is 17.9 Å². The summed E-state index contributed by atoms with van der Waals surface area (Å²) in [6.07, 6.45) is 3.51. The Morgan fingerprint density at radius 2 is 2.05 bits per heavy atom. The lowest BCUT2D eigenvalue weighted by Crippen LogP contribution is -2.19. The quantitative estimate of drug-likeness (QED) is 0.393. The van der Waals surface area contributed by atoms with Crippen molar-refractivity contribution in [3.05, 3.63) is 54.4 Å². The minimum Gasteiger partial charge on any atom is -0.497 e. The van der Waals surface area contributed by atoms with E-state index in [0.717, 1.165) is 5.75 Å². The van der Waals surface area contributed by atoms with Gasteiger partial charge in [0, 0.05) is 6.20 Å². The number of nitriles is 1. The molecular weight excluding hydrogens is 240 g/mol. The van der Waals surface area contributed by atoms with Crippen LogP contribution >= 0.6 is 0 Å². The van der Waals surface area contributed by atoms with Crippen molar-refractivity contribution in [2.45, 2.75) is 0 Å². The van der Waals surface area contributed by atoms with E-state index < -0.39 is 0 Å². The number of nitrogens with one attached hydrogen (secondary N) is 1. The Balaban J connectivity index is 2.33. The number of rotatable bonds is 3. The van der Waals surface area contributed by atoms with E-state index in [1.807, 2.05) is 12.3 Å². The van der Waals surface area contributed by atoms with Crippen molar-refractivity contribution in [2.24, 2.45) is 4.99 Å². The second kappa shape index (κ2) is 6.17. The largest absolute Gasteiger partial charge is 0.497 e. The van der Waals surface area contributed by atoms with Crippen molar-refractivity contribution in [1.82, 2.24) is 10.3 Å². The summed E-state index contributed by atoms with van der Waals surface area (Å²) in [4.78, 5) is 8.52. The lowest BCUT2D eigenvalue weighted by Gasteiger charge is -2.04. The number of pyridine rings is 1. The maximum absolute atomic E-state index is 8.77. The summed E-state index contributed by atoms with van der Waals surface area (Å²) in [6, 6.07) is 12.7. The molecule has 1 heterocycles. The van der Waals surface area contributed by atoms with Crippen LogP contribution in [0.25, 0.3) is 0 Å². The maximum atomic E-state index is 8.77. The van der Waals surface area contributed by atoms with Crippen LogP contribution in [0.1, 0.15) is 5.69 Å². The average Bonchev–Trinajstić information content (AvgIpc) is 2.48. The molecule has 0 aliphatic rings. The molecule has 0 atom stereocenters. The van der Waals surface area contributed by atoms with Gasteiger partial charge in [-0.1, -0.05) is 6.07 Å². The Bertz CT molecular complexity index is 600. The van der Waals surface area contributed by atoms with Gasteiger partial charge in [0.1, 0.15) is 11.4 Å². The molecule has 5 nitrogen and oxygen atoms in total. The summed E-state index contributed by atoms with van der Waals surface area (Å²) in [6.45, 7) is 0. The minimum atomic E-state index is 0.410. The molecule has 1 N–H and O–H groups in total. The van der Waals surface area contributed by atoms with Gasteiger partial charge in [0.25, 0.3) is 0 Å². The fourth-order valence-corrected chi connectivity index (χ4v) is 1.49. The monoisotopic (exact) mass is 252 g/mol. The SMILES string of the molecule is COc1ccc(N=C(NC#N)c2ccccn2)cc1. The molecule has 1 aromatic carbocycles. The zero-order valence-electron chi connectivity index (χ0n) is 10.4. The fraction of sp³-hybridized carbons (Fsp3) is 0.0714. The molecule has 0 aliphatic carbocycles. The summed E-state index contributed by atoms with van der Waals surface area (Å²) in [5.74, 6) is 1.17. The molecule has 0 bridgehead atoms. The van der Waals surface area contributed by atoms with Crippen molar-refractivity contribution in [1.29, 1.82) is 5.26 Å². The summed E-state index contributed by atoms with van der Waals surface area (Å²) in [7, 11) is 1.61. The van der Waals surface area contributed by atoms with Crippen molar-refractivity contribution < 1.29 is 4.74 Å². The third-order valence-electron chi connectivity index (χ3n) is 2.40. The highest BCUT2D eigenvalue weighted by atomic mass is 16.5.